The molecule has 1 aliphatic heterocycles. The summed E-state index contributed by atoms with van der Waals surface area (Å²) in [6.07, 6.45) is 1.33. The Morgan fingerprint density at radius 1 is 1.25 bits per heavy atom. The van der Waals surface area contributed by atoms with Gasteiger partial charge < -0.3 is 4.15 Å². The highest BCUT2D eigenvalue weighted by atomic mass is 28.2. The molecule has 0 spiro atoms. The first-order chi connectivity index (χ1) is 5.76. The second-order valence-corrected chi connectivity index (χ2v) is 6.48. The van der Waals surface area contributed by atoms with E-state index in [9.17, 15) is 0 Å². The Morgan fingerprint density at radius 3 is 2.33 bits per heavy atom. The van der Waals surface area contributed by atoms with Crippen LogP contribution in [0, 0.1) is 0 Å². The highest BCUT2D eigenvalue weighted by molar-refractivity contribution is 6.23. The van der Waals surface area contributed by atoms with Gasteiger partial charge in [-0.2, -0.15) is 0 Å². The van der Waals surface area contributed by atoms with E-state index in [-0.39, 0.29) is 9.84 Å². The van der Waals surface area contributed by atoms with Gasteiger partial charge in [0.25, 0.3) is 0 Å². The highest BCUT2D eigenvalue weighted by Crippen LogP contribution is 2.13. The summed E-state index contributed by atoms with van der Waals surface area (Å²) in [7, 11) is 0.0241. The van der Waals surface area contributed by atoms with Gasteiger partial charge in [-0.1, -0.05) is 6.92 Å². The van der Waals surface area contributed by atoms with E-state index in [0.29, 0.717) is 0 Å². The van der Waals surface area contributed by atoms with Crippen LogP contribution in [-0.4, -0.2) is 51.3 Å². The lowest BCUT2D eigenvalue weighted by Crippen LogP contribution is -2.49. The highest BCUT2D eigenvalue weighted by Gasteiger charge is 2.33. The molecule has 0 amide bonds. The lowest BCUT2D eigenvalue weighted by Gasteiger charge is -2.32. The van der Waals surface area contributed by atoms with E-state index in [4.69, 9.17) is 0 Å². The number of hydrogen-bond donors (Lipinski definition) is 0. The fraction of sp³-hybridized carbons (Fsp3) is 1.00. The molecule has 0 unspecified atom stereocenters. The van der Waals surface area contributed by atoms with Crippen molar-refractivity contribution in [2.45, 2.75) is 27.2 Å². The number of nitrogens with zero attached hydrogens (tertiary/aromatic N) is 2. The van der Waals surface area contributed by atoms with Gasteiger partial charge in [-0.05, 0) is 26.8 Å². The maximum Gasteiger partial charge on any atom is 0.338 e. The van der Waals surface area contributed by atoms with Gasteiger partial charge in [0.1, 0.15) is 0 Å². The molecule has 0 aromatic heterocycles. The smallest absolute Gasteiger partial charge is 0.338 e. The van der Waals surface area contributed by atoms with Crippen molar-refractivity contribution in [2.75, 3.05) is 32.7 Å². The maximum atomic E-state index is 2.74. The summed E-state index contributed by atoms with van der Waals surface area (Å²) in [6.45, 7) is 13.9. The monoisotopic (exact) mass is 187 g/mol. The number of rotatable bonds is 4. The Labute approximate surface area is 79.1 Å². The molecule has 0 radical (unpaired) electrons. The van der Waals surface area contributed by atoms with Crippen molar-refractivity contribution < 1.29 is 4.15 Å². The van der Waals surface area contributed by atoms with Gasteiger partial charge >= 0.3 is 9.84 Å². The second kappa shape index (κ2) is 4.39. The summed E-state index contributed by atoms with van der Waals surface area (Å²) in [4.78, 5) is 0. The largest absolute Gasteiger partial charge is 0.375 e. The van der Waals surface area contributed by atoms with Gasteiger partial charge in [-0.25, -0.2) is 0 Å². The van der Waals surface area contributed by atoms with Crippen molar-refractivity contribution in [3.63, 3.8) is 0 Å². The van der Waals surface area contributed by atoms with Gasteiger partial charge in [0.2, 0.25) is 0 Å². The molecule has 0 aromatic rings. The Kier molecular flexibility index (Phi) is 3.74. The van der Waals surface area contributed by atoms with Crippen molar-refractivity contribution in [2.24, 2.45) is 0 Å². The van der Waals surface area contributed by atoms with Gasteiger partial charge in [0.05, 0.1) is 19.6 Å². The minimum atomic E-state index is 0.0241. The number of quaternary nitrogens is 1. The van der Waals surface area contributed by atoms with Crippen LogP contribution in [0.1, 0.15) is 27.2 Å². The summed E-state index contributed by atoms with van der Waals surface area (Å²) in [5, 5.41) is 0. The SMILES string of the molecule is CCCN1CC[N+](CC)(CC)[SiH2]1. The molecule has 1 rings (SSSR count). The molecule has 0 aliphatic carbocycles. The van der Waals surface area contributed by atoms with Crippen LogP contribution in [0.4, 0.5) is 0 Å². The average molecular weight is 187 g/mol. The maximum absolute atomic E-state index is 2.74. The molecule has 12 heavy (non-hydrogen) atoms. The van der Waals surface area contributed by atoms with Crippen LogP contribution in [0.5, 0.6) is 0 Å². The topological polar surface area (TPSA) is 3.24 Å². The zero-order valence-electron chi connectivity index (χ0n) is 8.84. The lowest BCUT2D eigenvalue weighted by atomic mass is 10.4. The molecule has 1 fully saturated rings. The summed E-state index contributed by atoms with van der Waals surface area (Å²) < 4.78 is 4.20. The summed E-state index contributed by atoms with van der Waals surface area (Å²) >= 11 is 0. The van der Waals surface area contributed by atoms with E-state index in [1.54, 1.807) is 0 Å². The normalized spacial score (nSPS) is 25.2. The van der Waals surface area contributed by atoms with Crippen LogP contribution in [0.2, 0.25) is 0 Å². The summed E-state index contributed by atoms with van der Waals surface area (Å²) in [5.41, 5.74) is 0. The molecule has 0 atom stereocenters. The van der Waals surface area contributed by atoms with Crippen molar-refractivity contribution in [1.82, 2.24) is 4.57 Å². The Morgan fingerprint density at radius 2 is 1.92 bits per heavy atom. The number of hydrogen-bond acceptors (Lipinski definition) is 1. The van der Waals surface area contributed by atoms with Crippen molar-refractivity contribution in [3.8, 4) is 0 Å². The quantitative estimate of drug-likeness (QED) is 0.582. The summed E-state index contributed by atoms with van der Waals surface area (Å²) in [5.74, 6) is 0. The average Bonchev–Trinajstić information content (AvgIpc) is 2.50. The zero-order valence-corrected chi connectivity index (χ0v) is 10.3. The molecule has 1 aliphatic rings. The first-order valence-corrected chi connectivity index (χ1v) is 6.60. The third-order valence-corrected chi connectivity index (χ3v) is 6.12. The zero-order chi connectivity index (χ0) is 9.03. The first-order valence-electron chi connectivity index (χ1n) is 5.33. The molecular formula is C9H23N2Si+. The molecule has 1 heterocycles. The fourth-order valence-electron chi connectivity index (χ4n) is 2.16. The molecular weight excluding hydrogens is 164 g/mol. The van der Waals surface area contributed by atoms with Crippen LogP contribution in [0.3, 0.4) is 0 Å². The van der Waals surface area contributed by atoms with E-state index in [2.05, 4.69) is 25.3 Å². The third-order valence-electron chi connectivity index (χ3n) is 3.27. The van der Waals surface area contributed by atoms with E-state index in [0.717, 1.165) is 0 Å². The first kappa shape index (κ1) is 10.2. The standard InChI is InChI=1S/C9H23N2Si/c1-4-7-10-8-9-11(5-2,6-3)12-10/h4-9,12H2,1-3H3/q+1. The fourth-order valence-corrected chi connectivity index (χ4v) is 4.43. The van der Waals surface area contributed by atoms with E-state index in [1.807, 2.05) is 0 Å². The Hall–Kier alpha value is 0.137. The molecule has 0 bridgehead atoms. The van der Waals surface area contributed by atoms with Gasteiger partial charge in [-0.15, -0.1) is 0 Å². The predicted octanol–water partition coefficient (Wildman–Crippen LogP) is 0.567. The molecule has 1 saturated heterocycles. The van der Waals surface area contributed by atoms with Crippen LogP contribution in [0.15, 0.2) is 0 Å². The lowest BCUT2D eigenvalue weighted by molar-refractivity contribution is -0.811. The molecule has 0 saturated carbocycles. The number of likely N-dealkylation sites (N-methyl/N-ethyl adjacent to an activating group) is 1. The van der Waals surface area contributed by atoms with Gasteiger partial charge in [0, 0.05) is 6.54 Å². The van der Waals surface area contributed by atoms with E-state index in [1.165, 1.54) is 43.3 Å². The molecule has 0 aromatic carbocycles. The summed E-state index contributed by atoms with van der Waals surface area (Å²) in [6, 6.07) is 0. The van der Waals surface area contributed by atoms with Crippen LogP contribution in [-0.2, 0) is 0 Å². The molecule has 0 N–H and O–H groups in total. The third kappa shape index (κ3) is 2.09. The predicted molar refractivity (Wildman–Crippen MR) is 56.6 cm³/mol. The minimum absolute atomic E-state index is 0.0241. The van der Waals surface area contributed by atoms with Crippen LogP contribution < -0.4 is 0 Å². The molecule has 2 nitrogen and oxygen atoms in total. The van der Waals surface area contributed by atoms with Crippen molar-refractivity contribution >= 4 is 9.84 Å². The van der Waals surface area contributed by atoms with Crippen LogP contribution in [0.25, 0.3) is 0 Å². The Balaban J connectivity index is 2.41. The molecule has 3 heteroatoms. The van der Waals surface area contributed by atoms with Gasteiger partial charge in [-0.3, -0.25) is 4.57 Å². The van der Waals surface area contributed by atoms with Crippen molar-refractivity contribution in [1.29, 1.82) is 0 Å². The minimum Gasteiger partial charge on any atom is -0.375 e. The van der Waals surface area contributed by atoms with Crippen molar-refractivity contribution in [3.05, 3.63) is 0 Å². The van der Waals surface area contributed by atoms with E-state index < -0.39 is 0 Å². The van der Waals surface area contributed by atoms with E-state index >= 15 is 0 Å². The van der Waals surface area contributed by atoms with Gasteiger partial charge in [0.15, 0.2) is 0 Å². The van der Waals surface area contributed by atoms with Crippen LogP contribution >= 0.6 is 0 Å². The Bertz CT molecular complexity index is 134. The second-order valence-electron chi connectivity index (χ2n) is 3.96. The molecule has 72 valence electrons.